The van der Waals surface area contributed by atoms with Crippen LogP contribution in [0.25, 0.3) is 0 Å². The molecule has 40 heavy (non-hydrogen) atoms. The third-order valence-electron chi connectivity index (χ3n) is 4.85. The van der Waals surface area contributed by atoms with E-state index >= 15 is 0 Å². The highest BCUT2D eigenvalue weighted by Crippen LogP contribution is 2.67. The lowest BCUT2D eigenvalue weighted by atomic mass is 9.84. The monoisotopic (exact) mass is 664 g/mol. The summed E-state index contributed by atoms with van der Waals surface area (Å²) >= 11 is 0. The SMILES string of the molecule is CC(F)C(F)(F)C(F)(F)C(F)(F)C(F)(F)C(F)(F)C(F)(F)C(F)(F)C(F)(F)C(F)(F)C(F)(F)C(F)(F)C(O)(F)F. The predicted octanol–water partition coefficient (Wildman–Crippen LogP) is 7.92. The summed E-state index contributed by atoms with van der Waals surface area (Å²) < 4.78 is 329. The van der Waals surface area contributed by atoms with Crippen LogP contribution in [-0.4, -0.2) is 82.5 Å². The van der Waals surface area contributed by atoms with Gasteiger partial charge in [0, 0.05) is 0 Å². The van der Waals surface area contributed by atoms with E-state index in [1.54, 1.807) is 0 Å². The Balaban J connectivity index is 7.35. The lowest BCUT2D eigenvalue weighted by molar-refractivity contribution is -0.485. The van der Waals surface area contributed by atoms with Crippen molar-refractivity contribution in [2.45, 2.75) is 84.4 Å². The first kappa shape index (κ1) is 38.2. The fourth-order valence-electron chi connectivity index (χ4n) is 2.23. The lowest BCUT2D eigenvalue weighted by Gasteiger charge is -2.45. The quantitative estimate of drug-likeness (QED) is 0.211. The molecule has 0 heterocycles. The van der Waals surface area contributed by atoms with E-state index < -0.39 is 84.4 Å². The molecule has 0 rings (SSSR count). The van der Waals surface area contributed by atoms with Gasteiger partial charge in [0.15, 0.2) is 6.17 Å². The first-order valence-electron chi connectivity index (χ1n) is 8.59. The number of hydrogen-bond donors (Lipinski definition) is 1. The summed E-state index contributed by atoms with van der Waals surface area (Å²) in [5.74, 6) is -99.0. The Morgan fingerprint density at radius 2 is 0.475 bits per heavy atom. The van der Waals surface area contributed by atoms with Crippen LogP contribution in [0.1, 0.15) is 6.92 Å². The maximum atomic E-state index is 13.5. The van der Waals surface area contributed by atoms with Crippen LogP contribution in [0.3, 0.4) is 0 Å². The highest BCUT2D eigenvalue weighted by Gasteiger charge is 2.99. The van der Waals surface area contributed by atoms with Crippen LogP contribution in [0.2, 0.25) is 0 Å². The highest BCUT2D eigenvalue weighted by molar-refractivity contribution is 5.20. The van der Waals surface area contributed by atoms with Gasteiger partial charge in [0.05, 0.1) is 0 Å². The van der Waals surface area contributed by atoms with Crippen LogP contribution in [0.4, 0.5) is 110 Å². The topological polar surface area (TPSA) is 20.2 Å². The molecule has 0 aliphatic carbocycles. The molecule has 1 unspecified atom stereocenters. The largest absolute Gasteiger partial charge is 0.423 e. The molecule has 0 aromatic rings. The van der Waals surface area contributed by atoms with Crippen molar-refractivity contribution in [3.05, 3.63) is 0 Å². The molecule has 0 saturated heterocycles. The lowest BCUT2D eigenvalue weighted by Crippen LogP contribution is -2.78. The summed E-state index contributed by atoms with van der Waals surface area (Å²) in [6, 6.07) is 0. The van der Waals surface area contributed by atoms with Gasteiger partial charge < -0.3 is 5.11 Å². The molecule has 0 fully saturated rings. The van der Waals surface area contributed by atoms with Crippen molar-refractivity contribution in [3.63, 3.8) is 0 Å². The molecule has 26 heteroatoms. The Kier molecular flexibility index (Phi) is 8.70. The molecule has 0 amide bonds. The van der Waals surface area contributed by atoms with E-state index in [2.05, 4.69) is 0 Å². The van der Waals surface area contributed by atoms with Gasteiger partial charge in [-0.15, -0.1) is 0 Å². The Bertz CT molecular complexity index is 922. The minimum atomic E-state index is -9.60. The fourth-order valence-corrected chi connectivity index (χ4v) is 2.23. The van der Waals surface area contributed by atoms with Crippen LogP contribution in [-0.2, 0) is 0 Å². The zero-order chi connectivity index (χ0) is 33.6. The van der Waals surface area contributed by atoms with Crippen molar-refractivity contribution < 1.29 is 115 Å². The van der Waals surface area contributed by atoms with E-state index in [-0.39, 0.29) is 0 Å². The summed E-state index contributed by atoms with van der Waals surface area (Å²) in [6.45, 7) is -0.905. The second-order valence-corrected chi connectivity index (χ2v) is 7.52. The van der Waals surface area contributed by atoms with E-state index in [4.69, 9.17) is 5.11 Å². The first-order valence-corrected chi connectivity index (χ1v) is 8.59. The van der Waals surface area contributed by atoms with Gasteiger partial charge in [0.1, 0.15) is 0 Å². The molecule has 0 aromatic carbocycles. The van der Waals surface area contributed by atoms with Gasteiger partial charge in [0.25, 0.3) is 0 Å². The van der Waals surface area contributed by atoms with Crippen LogP contribution in [0, 0.1) is 0 Å². The van der Waals surface area contributed by atoms with Gasteiger partial charge in [0.2, 0.25) is 0 Å². The van der Waals surface area contributed by atoms with Crippen LogP contribution >= 0.6 is 0 Å². The molecular formula is C14H5F25O. The molecule has 1 nitrogen and oxygen atoms in total. The summed E-state index contributed by atoms with van der Waals surface area (Å²) in [5, 5.41) is 7.44. The molecule has 0 saturated carbocycles. The Labute approximate surface area is 200 Å². The summed E-state index contributed by atoms with van der Waals surface area (Å²) in [6.07, 6.45) is -12.5. The number of rotatable bonds is 12. The van der Waals surface area contributed by atoms with Crippen molar-refractivity contribution in [3.8, 4) is 0 Å². The van der Waals surface area contributed by atoms with Crippen molar-refractivity contribution in [1.29, 1.82) is 0 Å². The van der Waals surface area contributed by atoms with Crippen molar-refractivity contribution in [2.24, 2.45) is 0 Å². The second-order valence-electron chi connectivity index (χ2n) is 7.52. The zero-order valence-electron chi connectivity index (χ0n) is 17.5. The van der Waals surface area contributed by atoms with Gasteiger partial charge in [-0.2, -0.15) is 105 Å². The average Bonchev–Trinajstić information content (AvgIpc) is 2.71. The Hall–Kier alpha value is -1.79. The zero-order valence-corrected chi connectivity index (χ0v) is 17.5. The molecular weight excluding hydrogens is 659 g/mol. The number of halogens is 25. The van der Waals surface area contributed by atoms with Crippen molar-refractivity contribution in [2.75, 3.05) is 0 Å². The molecule has 0 aliphatic rings. The van der Waals surface area contributed by atoms with Gasteiger partial charge in [-0.3, -0.25) is 0 Å². The van der Waals surface area contributed by atoms with Crippen molar-refractivity contribution in [1.82, 2.24) is 0 Å². The standard InChI is InChI=1S/C14H5F25O/c1-2(15)3(16,17)4(18,19)5(20,21)6(22,23)7(24,25)8(26,27)9(28,29)10(30,31)11(32,33)12(34,35)13(36,37)14(38,39)40/h2,40H,1H3. The molecule has 1 N–H and O–H groups in total. The number of aliphatic hydroxyl groups is 1. The summed E-state index contributed by atoms with van der Waals surface area (Å²) in [7, 11) is 0. The second kappa shape index (κ2) is 9.10. The minimum absolute atomic E-state index is 0.905. The van der Waals surface area contributed by atoms with Crippen molar-refractivity contribution >= 4 is 0 Å². The number of hydrogen-bond acceptors (Lipinski definition) is 1. The highest BCUT2D eigenvalue weighted by atomic mass is 19.4. The normalized spacial score (nSPS) is 17.8. The molecule has 0 spiro atoms. The van der Waals surface area contributed by atoms with E-state index in [0.717, 1.165) is 0 Å². The molecule has 0 bridgehead atoms. The van der Waals surface area contributed by atoms with Crippen LogP contribution < -0.4 is 0 Å². The molecule has 0 aliphatic heterocycles. The van der Waals surface area contributed by atoms with Crippen LogP contribution in [0.5, 0.6) is 0 Å². The summed E-state index contributed by atoms with van der Waals surface area (Å²) in [5.41, 5.74) is 0. The van der Waals surface area contributed by atoms with E-state index in [1.165, 1.54) is 0 Å². The molecule has 242 valence electrons. The Morgan fingerprint density at radius 1 is 0.325 bits per heavy atom. The van der Waals surface area contributed by atoms with Gasteiger partial charge in [-0.1, -0.05) is 0 Å². The maximum absolute atomic E-state index is 13.5. The smallest absolute Gasteiger partial charge is 0.331 e. The average molecular weight is 664 g/mol. The van der Waals surface area contributed by atoms with E-state index in [9.17, 15) is 110 Å². The first-order chi connectivity index (χ1) is 16.7. The van der Waals surface area contributed by atoms with Gasteiger partial charge in [-0.05, 0) is 6.92 Å². The fraction of sp³-hybridized carbons (Fsp3) is 1.00. The summed E-state index contributed by atoms with van der Waals surface area (Å²) in [4.78, 5) is 0. The van der Waals surface area contributed by atoms with E-state index in [0.29, 0.717) is 0 Å². The third kappa shape index (κ3) is 4.21. The number of alkyl halides is 25. The predicted molar refractivity (Wildman–Crippen MR) is 72.2 cm³/mol. The molecule has 1 atom stereocenters. The third-order valence-corrected chi connectivity index (χ3v) is 4.85. The van der Waals surface area contributed by atoms with Gasteiger partial charge in [-0.25, -0.2) is 4.39 Å². The minimum Gasteiger partial charge on any atom is -0.331 e. The van der Waals surface area contributed by atoms with Crippen LogP contribution in [0.15, 0.2) is 0 Å². The Morgan fingerprint density at radius 3 is 0.625 bits per heavy atom. The van der Waals surface area contributed by atoms with Gasteiger partial charge >= 0.3 is 71.3 Å². The molecule has 0 aromatic heterocycles. The maximum Gasteiger partial charge on any atom is 0.423 e. The molecule has 0 radical (unpaired) electrons. The van der Waals surface area contributed by atoms with E-state index in [1.807, 2.05) is 0 Å².